The molecule has 11 heteroatoms. The first kappa shape index (κ1) is 21.2. The number of benzene rings is 1. The average molecular weight is 450 g/mol. The smallest absolute Gasteiger partial charge is 0.435 e. The van der Waals surface area contributed by atoms with Gasteiger partial charge in [0.25, 0.3) is 5.91 Å². The lowest BCUT2D eigenvalue weighted by Crippen LogP contribution is -2.22. The van der Waals surface area contributed by atoms with Gasteiger partial charge in [0.15, 0.2) is 12.3 Å². The quantitative estimate of drug-likeness (QED) is 0.509. The Balaban J connectivity index is 1.78. The molecule has 0 aliphatic heterocycles. The predicted octanol–water partition coefficient (Wildman–Crippen LogP) is 5.12. The van der Waals surface area contributed by atoms with Gasteiger partial charge in [-0.25, -0.2) is 9.07 Å². The molecule has 1 N–H and O–H groups in total. The molecule has 1 aromatic heterocycles. The van der Waals surface area contributed by atoms with Crippen molar-refractivity contribution in [2.45, 2.75) is 18.0 Å². The third-order valence-corrected chi connectivity index (χ3v) is 4.52. The number of hydrogen-bond donors (Lipinski definition) is 1. The van der Waals surface area contributed by atoms with E-state index in [0.29, 0.717) is 12.5 Å². The van der Waals surface area contributed by atoms with E-state index < -0.39 is 35.6 Å². The van der Waals surface area contributed by atoms with Gasteiger partial charge in [0.2, 0.25) is 5.88 Å². The van der Waals surface area contributed by atoms with Crippen LogP contribution in [0, 0.1) is 5.82 Å². The lowest BCUT2D eigenvalue weighted by Gasteiger charge is -2.17. The Hall–Kier alpha value is -2.52. The minimum Gasteiger partial charge on any atom is -0.467 e. The zero-order chi connectivity index (χ0) is 21.2. The molecule has 5 nitrogen and oxygen atoms in total. The lowest BCUT2D eigenvalue weighted by atomic mass is 10.1. The molecule has 0 saturated carbocycles. The van der Waals surface area contributed by atoms with Crippen molar-refractivity contribution in [3.05, 3.63) is 59.0 Å². The number of nitrogens with one attached hydrogen (secondary N) is 1. The first-order valence-electron chi connectivity index (χ1n) is 8.21. The molecule has 1 atom stereocenters. The molecule has 0 bridgehead atoms. The Morgan fingerprint density at radius 2 is 2.10 bits per heavy atom. The summed E-state index contributed by atoms with van der Waals surface area (Å²) in [5.74, 6) is -1.64. The van der Waals surface area contributed by atoms with Gasteiger partial charge in [0, 0.05) is 11.8 Å². The maximum absolute atomic E-state index is 13.2. The number of halogens is 6. The van der Waals surface area contributed by atoms with Crippen molar-refractivity contribution in [2.75, 3.05) is 11.9 Å². The number of carbonyl (C=O) groups is 1. The number of allylic oxidation sites excluding steroid dienone is 4. The third kappa shape index (κ3) is 5.10. The second-order valence-electron chi connectivity index (χ2n) is 5.97. The molecule has 0 radical (unpaired) electrons. The van der Waals surface area contributed by atoms with Gasteiger partial charge in [-0.05, 0) is 30.7 Å². The van der Waals surface area contributed by atoms with E-state index >= 15 is 0 Å². The molecule has 1 heterocycles. The van der Waals surface area contributed by atoms with Crippen molar-refractivity contribution >= 4 is 40.5 Å². The molecular formula is C18H13Cl2F4N3O2. The molecule has 1 amide bonds. The molecule has 0 saturated heterocycles. The number of amides is 1. The number of rotatable bonds is 5. The van der Waals surface area contributed by atoms with E-state index in [9.17, 15) is 22.4 Å². The molecule has 0 fully saturated rings. The van der Waals surface area contributed by atoms with Crippen LogP contribution >= 0.6 is 23.2 Å². The second-order valence-corrected chi connectivity index (χ2v) is 6.90. The van der Waals surface area contributed by atoms with Crippen LogP contribution in [0.4, 0.5) is 23.2 Å². The molecule has 3 rings (SSSR count). The molecular weight excluding hydrogens is 437 g/mol. The van der Waals surface area contributed by atoms with E-state index in [1.807, 2.05) is 0 Å². The monoisotopic (exact) mass is 449 g/mol. The van der Waals surface area contributed by atoms with Crippen LogP contribution in [-0.2, 0) is 11.0 Å². The highest BCUT2D eigenvalue weighted by molar-refractivity contribution is 6.31. The SMILES string of the molecule is O=C(COc1cc(C(F)(F)F)nn1C1=CC=CCC1Cl)Nc1ccc(F)c(Cl)c1. The summed E-state index contributed by atoms with van der Waals surface area (Å²) in [4.78, 5) is 12.1. The molecule has 0 spiro atoms. The van der Waals surface area contributed by atoms with Crippen LogP contribution in [0.15, 0.2) is 42.5 Å². The number of alkyl halides is 4. The van der Waals surface area contributed by atoms with Gasteiger partial charge >= 0.3 is 6.18 Å². The number of ether oxygens (including phenoxy) is 1. The molecule has 1 aromatic carbocycles. The zero-order valence-electron chi connectivity index (χ0n) is 14.5. The minimum atomic E-state index is -4.71. The second kappa shape index (κ2) is 8.46. The third-order valence-electron chi connectivity index (χ3n) is 3.83. The number of anilines is 1. The Morgan fingerprint density at radius 1 is 1.34 bits per heavy atom. The van der Waals surface area contributed by atoms with Gasteiger partial charge in [-0.1, -0.05) is 23.8 Å². The van der Waals surface area contributed by atoms with E-state index in [4.69, 9.17) is 27.9 Å². The van der Waals surface area contributed by atoms with Crippen molar-refractivity contribution in [3.63, 3.8) is 0 Å². The van der Waals surface area contributed by atoms with Gasteiger partial charge in [-0.2, -0.15) is 18.3 Å². The van der Waals surface area contributed by atoms with Gasteiger partial charge in [-0.15, -0.1) is 11.6 Å². The van der Waals surface area contributed by atoms with Crippen LogP contribution in [-0.4, -0.2) is 27.7 Å². The molecule has 1 aliphatic rings. The number of aromatic nitrogens is 2. The van der Waals surface area contributed by atoms with Gasteiger partial charge in [0.1, 0.15) is 5.82 Å². The fourth-order valence-corrected chi connectivity index (χ4v) is 2.94. The summed E-state index contributed by atoms with van der Waals surface area (Å²) in [7, 11) is 0. The summed E-state index contributed by atoms with van der Waals surface area (Å²) in [5, 5.41) is 5.13. The largest absolute Gasteiger partial charge is 0.467 e. The maximum atomic E-state index is 13.2. The van der Waals surface area contributed by atoms with Crippen LogP contribution in [0.25, 0.3) is 5.70 Å². The first-order valence-corrected chi connectivity index (χ1v) is 9.02. The van der Waals surface area contributed by atoms with Crippen LogP contribution in [0.1, 0.15) is 12.1 Å². The Bertz CT molecular complexity index is 986. The predicted molar refractivity (Wildman–Crippen MR) is 100 cm³/mol. The summed E-state index contributed by atoms with van der Waals surface area (Å²) < 4.78 is 58.6. The Morgan fingerprint density at radius 3 is 2.76 bits per heavy atom. The number of carbonyl (C=O) groups excluding carboxylic acids is 1. The molecule has 1 unspecified atom stereocenters. The summed E-state index contributed by atoms with van der Waals surface area (Å²) in [6.45, 7) is -0.617. The number of hydrogen-bond acceptors (Lipinski definition) is 3. The molecule has 2 aromatic rings. The summed E-state index contributed by atoms with van der Waals surface area (Å²) in [5.41, 5.74) is -0.696. The van der Waals surface area contributed by atoms with Gasteiger partial charge in [-0.3, -0.25) is 4.79 Å². The van der Waals surface area contributed by atoms with Crippen molar-refractivity contribution in [1.29, 1.82) is 0 Å². The van der Waals surface area contributed by atoms with Crippen molar-refractivity contribution in [2.24, 2.45) is 0 Å². The highest BCUT2D eigenvalue weighted by atomic mass is 35.5. The topological polar surface area (TPSA) is 56.1 Å². The first-order chi connectivity index (χ1) is 13.6. The summed E-state index contributed by atoms with van der Waals surface area (Å²) >= 11 is 11.8. The molecule has 154 valence electrons. The Labute approximate surface area is 172 Å². The van der Waals surface area contributed by atoms with Crippen LogP contribution < -0.4 is 10.1 Å². The zero-order valence-corrected chi connectivity index (χ0v) is 16.0. The van der Waals surface area contributed by atoms with Crippen LogP contribution in [0.2, 0.25) is 5.02 Å². The van der Waals surface area contributed by atoms with E-state index in [0.717, 1.165) is 10.7 Å². The fourth-order valence-electron chi connectivity index (χ4n) is 2.49. The fraction of sp³-hybridized carbons (Fsp3) is 0.222. The molecule has 29 heavy (non-hydrogen) atoms. The highest BCUT2D eigenvalue weighted by Crippen LogP contribution is 2.34. The van der Waals surface area contributed by atoms with Crippen LogP contribution in [0.5, 0.6) is 5.88 Å². The van der Waals surface area contributed by atoms with E-state index in [1.165, 1.54) is 18.2 Å². The standard InChI is InChI=1S/C18H13Cl2F4N3O2/c19-11-3-1-2-4-14(11)27-17(8-15(26-27)18(22,23)24)29-9-16(28)25-10-5-6-13(21)12(20)7-10/h1-2,4-8,11H,3,9H2,(H,25,28). The van der Waals surface area contributed by atoms with Crippen LogP contribution in [0.3, 0.4) is 0 Å². The molecule has 1 aliphatic carbocycles. The average Bonchev–Trinajstić information content (AvgIpc) is 3.08. The normalized spacial score (nSPS) is 16.5. The van der Waals surface area contributed by atoms with Gasteiger partial charge in [0.05, 0.1) is 16.1 Å². The lowest BCUT2D eigenvalue weighted by molar-refractivity contribution is -0.141. The highest BCUT2D eigenvalue weighted by Gasteiger charge is 2.36. The maximum Gasteiger partial charge on any atom is 0.435 e. The van der Waals surface area contributed by atoms with Crippen molar-refractivity contribution < 1.29 is 27.1 Å². The van der Waals surface area contributed by atoms with E-state index in [1.54, 1.807) is 12.2 Å². The Kier molecular flexibility index (Phi) is 6.18. The van der Waals surface area contributed by atoms with Crippen molar-refractivity contribution in [1.82, 2.24) is 9.78 Å². The minimum absolute atomic E-state index is 0.193. The van der Waals surface area contributed by atoms with Gasteiger partial charge < -0.3 is 10.1 Å². The summed E-state index contributed by atoms with van der Waals surface area (Å²) in [6.07, 6.45) is 0.611. The van der Waals surface area contributed by atoms with E-state index in [-0.39, 0.29) is 22.3 Å². The van der Waals surface area contributed by atoms with E-state index in [2.05, 4.69) is 10.4 Å². The number of nitrogens with zero attached hydrogens (tertiary/aromatic N) is 2. The summed E-state index contributed by atoms with van der Waals surface area (Å²) in [6, 6.07) is 4.22. The van der Waals surface area contributed by atoms with Crippen molar-refractivity contribution in [3.8, 4) is 5.88 Å².